The highest BCUT2D eigenvalue weighted by atomic mass is 19.1. The number of hydrogen-bond acceptors (Lipinski definition) is 3. The fraction of sp³-hybridized carbons (Fsp3) is 0.136. The molecule has 2 amide bonds. The average Bonchev–Trinajstić information content (AvgIpc) is 3.17. The molecular weight excluding hydrogens is 371 g/mol. The number of carbonyl (C=O) groups excluding carboxylic acids is 2. The maximum Gasteiger partial charge on any atom is 0.276 e. The number of hydrogen-bond donors (Lipinski definition) is 2. The fourth-order valence-corrected chi connectivity index (χ4v) is 2.77. The monoisotopic (exact) mass is 392 g/mol. The summed E-state index contributed by atoms with van der Waals surface area (Å²) in [6.45, 7) is 7.37. The van der Waals surface area contributed by atoms with Crippen LogP contribution in [0.1, 0.15) is 35.9 Å². The summed E-state index contributed by atoms with van der Waals surface area (Å²) in [6.07, 6.45) is 1.04. The molecule has 0 aliphatic heterocycles. The standard InChI is InChI=1S/C22H21FN4O2/c1-4-21(28)25-18-12-15(10-11-17(18)23)24-22(29)19-13-20(14(2)3)27(26-19)16-8-6-5-7-9-16/h4-14H,1H2,2-3H3,(H,24,29)(H,25,28). The minimum atomic E-state index is -0.617. The van der Waals surface area contributed by atoms with Crippen LogP contribution >= 0.6 is 0 Å². The van der Waals surface area contributed by atoms with Crippen molar-refractivity contribution in [1.82, 2.24) is 9.78 Å². The number of nitrogens with one attached hydrogen (secondary N) is 2. The van der Waals surface area contributed by atoms with E-state index in [-0.39, 0.29) is 17.3 Å². The van der Waals surface area contributed by atoms with Gasteiger partial charge in [0.05, 0.1) is 11.4 Å². The van der Waals surface area contributed by atoms with Crippen LogP contribution in [0.25, 0.3) is 5.69 Å². The van der Waals surface area contributed by atoms with E-state index in [1.807, 2.05) is 44.2 Å². The molecule has 0 fully saturated rings. The largest absolute Gasteiger partial charge is 0.321 e. The van der Waals surface area contributed by atoms with Gasteiger partial charge in [-0.2, -0.15) is 5.10 Å². The number of aromatic nitrogens is 2. The number of rotatable bonds is 6. The Kier molecular flexibility index (Phi) is 5.87. The van der Waals surface area contributed by atoms with E-state index in [0.29, 0.717) is 5.69 Å². The summed E-state index contributed by atoms with van der Waals surface area (Å²) < 4.78 is 15.6. The highest BCUT2D eigenvalue weighted by Gasteiger charge is 2.18. The van der Waals surface area contributed by atoms with Crippen LogP contribution in [0.2, 0.25) is 0 Å². The number of nitrogens with zero attached hydrogens (tertiary/aromatic N) is 2. The highest BCUT2D eigenvalue weighted by molar-refractivity contribution is 6.04. The molecule has 0 unspecified atom stereocenters. The van der Waals surface area contributed by atoms with Gasteiger partial charge >= 0.3 is 0 Å². The molecule has 0 atom stereocenters. The van der Waals surface area contributed by atoms with Crippen molar-refractivity contribution in [3.05, 3.63) is 84.5 Å². The molecule has 3 aromatic rings. The van der Waals surface area contributed by atoms with Crippen LogP contribution in [-0.2, 0) is 4.79 Å². The summed E-state index contributed by atoms with van der Waals surface area (Å²) in [5, 5.41) is 9.50. The third-order valence-corrected chi connectivity index (χ3v) is 4.23. The van der Waals surface area contributed by atoms with Crippen molar-refractivity contribution in [1.29, 1.82) is 0 Å². The third-order valence-electron chi connectivity index (χ3n) is 4.23. The molecule has 6 nitrogen and oxygen atoms in total. The molecule has 0 aliphatic carbocycles. The molecule has 148 valence electrons. The quantitative estimate of drug-likeness (QED) is 0.606. The Hall–Kier alpha value is -3.74. The van der Waals surface area contributed by atoms with Gasteiger partial charge in [-0.25, -0.2) is 9.07 Å². The van der Waals surface area contributed by atoms with Crippen molar-refractivity contribution in [2.24, 2.45) is 0 Å². The summed E-state index contributed by atoms with van der Waals surface area (Å²) in [5.41, 5.74) is 2.26. The molecule has 2 aromatic carbocycles. The second-order valence-corrected chi connectivity index (χ2v) is 6.70. The zero-order valence-corrected chi connectivity index (χ0v) is 16.1. The lowest BCUT2D eigenvalue weighted by atomic mass is 10.1. The van der Waals surface area contributed by atoms with E-state index in [2.05, 4.69) is 22.3 Å². The van der Waals surface area contributed by atoms with Crippen LogP contribution in [0.3, 0.4) is 0 Å². The lowest BCUT2D eigenvalue weighted by Gasteiger charge is -2.09. The van der Waals surface area contributed by atoms with Gasteiger partial charge in [-0.1, -0.05) is 38.6 Å². The molecule has 1 aromatic heterocycles. The summed E-state index contributed by atoms with van der Waals surface area (Å²) in [7, 11) is 0. The molecule has 0 bridgehead atoms. The van der Waals surface area contributed by atoms with Crippen LogP contribution in [0.5, 0.6) is 0 Å². The first kappa shape index (κ1) is 20.0. The maximum atomic E-state index is 13.9. The van der Waals surface area contributed by atoms with Gasteiger partial charge in [0.1, 0.15) is 5.82 Å². The molecule has 0 spiro atoms. The Morgan fingerprint density at radius 1 is 1.10 bits per heavy atom. The minimum absolute atomic E-state index is 0.0506. The number of amides is 2. The fourth-order valence-electron chi connectivity index (χ4n) is 2.77. The van der Waals surface area contributed by atoms with Crippen LogP contribution in [0.15, 0.2) is 67.3 Å². The van der Waals surface area contributed by atoms with Crippen molar-refractivity contribution >= 4 is 23.2 Å². The van der Waals surface area contributed by atoms with Gasteiger partial charge in [0.25, 0.3) is 5.91 Å². The Bertz CT molecular complexity index is 1060. The molecule has 7 heteroatoms. The van der Waals surface area contributed by atoms with Crippen LogP contribution in [0, 0.1) is 5.82 Å². The summed E-state index contributed by atoms with van der Waals surface area (Å²) in [5.74, 6) is -1.45. The molecule has 1 heterocycles. The Balaban J connectivity index is 1.87. The molecule has 0 saturated carbocycles. The lowest BCUT2D eigenvalue weighted by molar-refractivity contribution is -0.111. The van der Waals surface area contributed by atoms with Crippen molar-refractivity contribution < 1.29 is 14.0 Å². The van der Waals surface area contributed by atoms with Crippen molar-refractivity contribution in [3.63, 3.8) is 0 Å². The second kappa shape index (κ2) is 8.52. The van der Waals surface area contributed by atoms with Crippen molar-refractivity contribution in [2.75, 3.05) is 10.6 Å². The van der Waals surface area contributed by atoms with Gasteiger partial charge in [-0.3, -0.25) is 9.59 Å². The lowest BCUT2D eigenvalue weighted by Crippen LogP contribution is -2.14. The van der Waals surface area contributed by atoms with Gasteiger partial charge in [0.2, 0.25) is 5.91 Å². The minimum Gasteiger partial charge on any atom is -0.321 e. The summed E-state index contributed by atoms with van der Waals surface area (Å²) >= 11 is 0. The van der Waals surface area contributed by atoms with Crippen LogP contribution in [-0.4, -0.2) is 21.6 Å². The first-order chi connectivity index (χ1) is 13.9. The highest BCUT2D eigenvalue weighted by Crippen LogP contribution is 2.23. The maximum absolute atomic E-state index is 13.9. The van der Waals surface area contributed by atoms with Crippen LogP contribution < -0.4 is 10.6 Å². The predicted molar refractivity (Wildman–Crippen MR) is 111 cm³/mol. The number of carbonyl (C=O) groups is 2. The second-order valence-electron chi connectivity index (χ2n) is 6.70. The van der Waals surface area contributed by atoms with Gasteiger partial charge in [0.15, 0.2) is 5.69 Å². The number of anilines is 2. The first-order valence-corrected chi connectivity index (χ1v) is 9.08. The molecule has 0 saturated heterocycles. The number of para-hydroxylation sites is 1. The Labute approximate surface area is 168 Å². The van der Waals surface area contributed by atoms with E-state index in [4.69, 9.17) is 0 Å². The van der Waals surface area contributed by atoms with Gasteiger partial charge in [-0.15, -0.1) is 0 Å². The van der Waals surface area contributed by atoms with E-state index in [1.54, 1.807) is 10.7 Å². The smallest absolute Gasteiger partial charge is 0.276 e. The Morgan fingerprint density at radius 3 is 2.48 bits per heavy atom. The first-order valence-electron chi connectivity index (χ1n) is 9.08. The average molecular weight is 392 g/mol. The third kappa shape index (κ3) is 4.57. The van der Waals surface area contributed by atoms with Gasteiger partial charge in [0, 0.05) is 11.4 Å². The van der Waals surface area contributed by atoms with Gasteiger partial charge < -0.3 is 10.6 Å². The van der Waals surface area contributed by atoms with Gasteiger partial charge in [-0.05, 0) is 48.4 Å². The van der Waals surface area contributed by atoms with E-state index in [0.717, 1.165) is 23.5 Å². The van der Waals surface area contributed by atoms with E-state index >= 15 is 0 Å². The van der Waals surface area contributed by atoms with E-state index < -0.39 is 17.6 Å². The van der Waals surface area contributed by atoms with E-state index in [9.17, 15) is 14.0 Å². The van der Waals surface area contributed by atoms with Crippen molar-refractivity contribution in [3.8, 4) is 5.69 Å². The zero-order valence-electron chi connectivity index (χ0n) is 16.1. The zero-order chi connectivity index (χ0) is 21.0. The molecule has 3 rings (SSSR count). The van der Waals surface area contributed by atoms with Crippen molar-refractivity contribution in [2.45, 2.75) is 19.8 Å². The number of benzene rings is 2. The number of halogens is 1. The molecular formula is C22H21FN4O2. The molecule has 29 heavy (non-hydrogen) atoms. The SMILES string of the molecule is C=CC(=O)Nc1cc(NC(=O)c2cc(C(C)C)n(-c3ccccc3)n2)ccc1F. The topological polar surface area (TPSA) is 76.0 Å². The summed E-state index contributed by atoms with van der Waals surface area (Å²) in [4.78, 5) is 24.2. The van der Waals surface area contributed by atoms with Crippen LogP contribution in [0.4, 0.5) is 15.8 Å². The molecule has 0 aliphatic rings. The summed E-state index contributed by atoms with van der Waals surface area (Å²) in [6, 6.07) is 15.2. The Morgan fingerprint density at radius 2 is 1.83 bits per heavy atom. The molecule has 0 radical (unpaired) electrons. The molecule has 2 N–H and O–H groups in total. The predicted octanol–water partition coefficient (Wildman–Crippen LogP) is 4.51. The normalized spacial score (nSPS) is 10.6. The van der Waals surface area contributed by atoms with E-state index in [1.165, 1.54) is 12.1 Å².